The molecule has 8 rings (SSSR count). The summed E-state index contributed by atoms with van der Waals surface area (Å²) in [4.78, 5) is 9.22. The molecule has 0 saturated heterocycles. The van der Waals surface area contributed by atoms with Crippen molar-refractivity contribution < 1.29 is 0 Å². The minimum atomic E-state index is -1.42. The molecule has 4 nitrogen and oxygen atoms in total. The highest BCUT2D eigenvalue weighted by atomic mass is 31.2. The fraction of sp³-hybridized carbons (Fsp3) is 0.224. The molecule has 2 atom stereocenters. The summed E-state index contributed by atoms with van der Waals surface area (Å²) in [7, 11) is 2.83. The van der Waals surface area contributed by atoms with E-state index in [0.717, 1.165) is 6.16 Å². The molecule has 0 saturated carbocycles. The molecule has 54 heavy (non-hydrogen) atoms. The highest BCUT2D eigenvalue weighted by Crippen LogP contribution is 2.56. The Kier molecular flexibility index (Phi) is 12.3. The van der Waals surface area contributed by atoms with Gasteiger partial charge in [0.05, 0.1) is 42.1 Å². The molecule has 0 aliphatic carbocycles. The van der Waals surface area contributed by atoms with Gasteiger partial charge in [0, 0.05) is 37.9 Å². The third-order valence-corrected chi connectivity index (χ3v) is 14.9. The van der Waals surface area contributed by atoms with Gasteiger partial charge in [-0.05, 0) is 105 Å². The molecule has 6 aromatic rings. The van der Waals surface area contributed by atoms with Crippen molar-refractivity contribution in [3.63, 3.8) is 0 Å². The standard InChI is InChI=1S/C21H22P.C16H18N2.C12H16N2/c1-18-11-9-10-12-19(18)17-22(2,20-13-5-3-6-14-20)21-15-7-4-8-16-21;1-12-8-4-5-9-14(12)18-13(2)17(3)15-10-6-7-11-16(15)18;1-10-6-4-5-7-12(10)14-9-8-13(3)11(14)2/h3-16H,17H2,1-2H3;4-11,13H,1-3H3;4-9,11H,1-3H3/q+1;;/t;13-;11-/m.00/s1. The van der Waals surface area contributed by atoms with Gasteiger partial charge in [0.15, 0.2) is 0 Å². The number of fused-ring (bicyclic) bond motifs is 1. The molecule has 0 spiro atoms. The molecule has 0 unspecified atom stereocenters. The van der Waals surface area contributed by atoms with Gasteiger partial charge in [-0.2, -0.15) is 0 Å². The van der Waals surface area contributed by atoms with E-state index < -0.39 is 7.26 Å². The second kappa shape index (κ2) is 17.2. The van der Waals surface area contributed by atoms with Crippen LogP contribution in [-0.4, -0.2) is 38.0 Å². The highest BCUT2D eigenvalue weighted by Gasteiger charge is 2.38. The Bertz CT molecular complexity index is 2110. The zero-order valence-corrected chi connectivity index (χ0v) is 34.2. The van der Waals surface area contributed by atoms with E-state index >= 15 is 0 Å². The van der Waals surface area contributed by atoms with Crippen LogP contribution in [0.1, 0.15) is 36.1 Å². The third-order valence-electron chi connectivity index (χ3n) is 11.1. The summed E-state index contributed by atoms with van der Waals surface area (Å²) in [6, 6.07) is 56.4. The molecule has 5 heteroatoms. The maximum Gasteiger partial charge on any atom is 0.103 e. The summed E-state index contributed by atoms with van der Waals surface area (Å²) < 4.78 is 0. The average Bonchev–Trinajstić information content (AvgIpc) is 3.67. The van der Waals surface area contributed by atoms with Gasteiger partial charge >= 0.3 is 0 Å². The van der Waals surface area contributed by atoms with Crippen molar-refractivity contribution in [1.82, 2.24) is 4.90 Å². The van der Waals surface area contributed by atoms with Crippen LogP contribution in [0, 0.1) is 20.8 Å². The molecular formula is C49H56N4P+. The molecule has 0 amide bonds. The molecule has 0 aromatic heterocycles. The Labute approximate surface area is 325 Å². The van der Waals surface area contributed by atoms with Gasteiger partial charge in [-0.15, -0.1) is 0 Å². The Morgan fingerprint density at radius 3 is 1.41 bits per heavy atom. The average molecular weight is 732 g/mol. The first-order valence-corrected chi connectivity index (χ1v) is 21.4. The summed E-state index contributed by atoms with van der Waals surface area (Å²) >= 11 is 0. The van der Waals surface area contributed by atoms with Crippen LogP contribution in [0.3, 0.4) is 0 Å². The van der Waals surface area contributed by atoms with Gasteiger partial charge in [0.25, 0.3) is 0 Å². The number of nitrogens with zero attached hydrogens (tertiary/aromatic N) is 4. The van der Waals surface area contributed by atoms with Gasteiger partial charge < -0.3 is 19.6 Å². The molecule has 0 bridgehead atoms. The lowest BCUT2D eigenvalue weighted by Crippen LogP contribution is -2.35. The molecular weight excluding hydrogens is 676 g/mol. The van der Waals surface area contributed by atoms with Crippen LogP contribution in [0.5, 0.6) is 0 Å². The second-order valence-corrected chi connectivity index (χ2v) is 18.4. The summed E-state index contributed by atoms with van der Waals surface area (Å²) in [5.74, 6) is 0. The lowest BCUT2D eigenvalue weighted by atomic mass is 10.1. The third kappa shape index (κ3) is 8.25. The molecule has 2 aliphatic rings. The zero-order chi connectivity index (χ0) is 38.2. The molecule has 2 heterocycles. The SMILES string of the molecule is Cc1ccccc1C[P+](C)(c1ccccc1)c1ccccc1.Cc1ccccc1N1C=CN(C)[C@@H]1C.Cc1ccccc1N1c2ccccc2N(C)[C@@H]1C. The van der Waals surface area contributed by atoms with Crippen molar-refractivity contribution in [1.29, 1.82) is 0 Å². The monoisotopic (exact) mass is 731 g/mol. The first-order valence-electron chi connectivity index (χ1n) is 19.0. The summed E-state index contributed by atoms with van der Waals surface area (Å²) in [6.07, 6.45) is 6.12. The van der Waals surface area contributed by atoms with Crippen LogP contribution in [0.2, 0.25) is 0 Å². The molecule has 276 valence electrons. The fourth-order valence-electron chi connectivity index (χ4n) is 7.44. The Morgan fingerprint density at radius 1 is 0.463 bits per heavy atom. The number of para-hydroxylation sites is 4. The number of aryl methyl sites for hydroxylation is 3. The van der Waals surface area contributed by atoms with Crippen LogP contribution < -0.4 is 25.3 Å². The fourth-order valence-corrected chi connectivity index (χ4v) is 10.8. The van der Waals surface area contributed by atoms with Crippen LogP contribution in [0.25, 0.3) is 0 Å². The van der Waals surface area contributed by atoms with E-state index in [1.807, 2.05) is 0 Å². The van der Waals surface area contributed by atoms with Crippen molar-refractivity contribution in [2.24, 2.45) is 0 Å². The first kappa shape index (κ1) is 38.4. The van der Waals surface area contributed by atoms with E-state index in [1.54, 1.807) is 0 Å². The van der Waals surface area contributed by atoms with Crippen molar-refractivity contribution in [3.05, 3.63) is 192 Å². The number of anilines is 4. The molecule has 0 fully saturated rings. The van der Waals surface area contributed by atoms with E-state index in [2.05, 4.69) is 245 Å². The zero-order valence-electron chi connectivity index (χ0n) is 33.3. The Balaban J connectivity index is 0.000000142. The van der Waals surface area contributed by atoms with E-state index in [9.17, 15) is 0 Å². The number of rotatable bonds is 6. The minimum absolute atomic E-state index is 0.350. The van der Waals surface area contributed by atoms with Crippen LogP contribution in [0.15, 0.2) is 170 Å². The van der Waals surface area contributed by atoms with E-state index in [-0.39, 0.29) is 0 Å². The summed E-state index contributed by atoms with van der Waals surface area (Å²) in [5.41, 5.74) is 10.7. The van der Waals surface area contributed by atoms with Gasteiger partial charge in [-0.3, -0.25) is 0 Å². The smallest absolute Gasteiger partial charge is 0.103 e. The lowest BCUT2D eigenvalue weighted by Gasteiger charge is -2.28. The maximum atomic E-state index is 2.46. The Morgan fingerprint density at radius 2 is 0.907 bits per heavy atom. The number of benzene rings is 6. The number of hydrogen-bond donors (Lipinski definition) is 0. The largest absolute Gasteiger partial charge is 0.359 e. The molecule has 2 aliphatic heterocycles. The predicted molar refractivity (Wildman–Crippen MR) is 238 cm³/mol. The first-order chi connectivity index (χ1) is 26.1. The molecule has 0 radical (unpaired) electrons. The summed E-state index contributed by atoms with van der Waals surface area (Å²) in [5, 5.41) is 2.95. The van der Waals surface area contributed by atoms with E-state index in [0.29, 0.717) is 12.3 Å². The highest BCUT2D eigenvalue weighted by molar-refractivity contribution is 7.88. The molecule has 6 aromatic carbocycles. The second-order valence-electron chi connectivity index (χ2n) is 14.6. The van der Waals surface area contributed by atoms with E-state index in [1.165, 1.54) is 55.6 Å². The quantitative estimate of drug-likeness (QED) is 0.158. The number of hydrogen-bond acceptors (Lipinski definition) is 4. The van der Waals surface area contributed by atoms with Crippen molar-refractivity contribution >= 4 is 40.6 Å². The normalized spacial score (nSPS) is 16.0. The topological polar surface area (TPSA) is 13.0 Å². The van der Waals surface area contributed by atoms with E-state index in [4.69, 9.17) is 0 Å². The summed E-state index contributed by atoms with van der Waals surface area (Å²) in [6.45, 7) is 13.4. The van der Waals surface area contributed by atoms with Gasteiger partial charge in [0.1, 0.15) is 12.3 Å². The van der Waals surface area contributed by atoms with Crippen LogP contribution in [0.4, 0.5) is 22.7 Å². The van der Waals surface area contributed by atoms with Crippen molar-refractivity contribution in [2.45, 2.75) is 53.1 Å². The predicted octanol–water partition coefficient (Wildman–Crippen LogP) is 11.3. The van der Waals surface area contributed by atoms with Crippen molar-refractivity contribution in [2.75, 3.05) is 35.5 Å². The molecule has 0 N–H and O–H groups in total. The van der Waals surface area contributed by atoms with Crippen molar-refractivity contribution in [3.8, 4) is 0 Å². The Hall–Kier alpha value is -5.31. The maximum absolute atomic E-state index is 2.46. The van der Waals surface area contributed by atoms with Gasteiger partial charge in [-0.25, -0.2) is 0 Å². The lowest BCUT2D eigenvalue weighted by molar-refractivity contribution is 0.383. The van der Waals surface area contributed by atoms with Crippen LogP contribution in [-0.2, 0) is 6.16 Å². The van der Waals surface area contributed by atoms with Gasteiger partial charge in [-0.1, -0.05) is 109 Å². The van der Waals surface area contributed by atoms with Crippen LogP contribution >= 0.6 is 7.26 Å². The minimum Gasteiger partial charge on any atom is -0.359 e. The van der Waals surface area contributed by atoms with Gasteiger partial charge in [0.2, 0.25) is 0 Å².